The molecular weight excluding hydrogens is 278 g/mol. The second-order valence-corrected chi connectivity index (χ2v) is 5.87. The fourth-order valence-corrected chi connectivity index (χ4v) is 2.94. The zero-order valence-electron chi connectivity index (χ0n) is 13.3. The molecule has 0 saturated carbocycles. The lowest BCUT2D eigenvalue weighted by Crippen LogP contribution is -2.35. The van der Waals surface area contributed by atoms with Gasteiger partial charge in [0.25, 0.3) is 5.56 Å². The lowest BCUT2D eigenvalue weighted by molar-refractivity contribution is 0.220. The van der Waals surface area contributed by atoms with Crippen LogP contribution >= 0.6 is 0 Å². The van der Waals surface area contributed by atoms with Crippen LogP contribution in [0.25, 0.3) is 0 Å². The minimum Gasteiger partial charge on any atom is -0.465 e. The van der Waals surface area contributed by atoms with Gasteiger partial charge in [-0.2, -0.15) is 0 Å². The summed E-state index contributed by atoms with van der Waals surface area (Å²) in [7, 11) is 0. The molecule has 0 spiro atoms. The van der Waals surface area contributed by atoms with E-state index >= 15 is 0 Å². The van der Waals surface area contributed by atoms with Crippen molar-refractivity contribution >= 4 is 0 Å². The minimum atomic E-state index is 0.0202. The number of nitrogens with one attached hydrogen (secondary N) is 1. The SMILES string of the molecule is CCCc1nc2c(c(=O)[nH]1)CN(Cc1ccc(CC)o1)CC2. The van der Waals surface area contributed by atoms with Crippen molar-refractivity contribution in [3.8, 4) is 0 Å². The van der Waals surface area contributed by atoms with Gasteiger partial charge in [0.05, 0.1) is 17.8 Å². The first-order chi connectivity index (χ1) is 10.7. The van der Waals surface area contributed by atoms with Crippen LogP contribution in [0.5, 0.6) is 0 Å². The largest absolute Gasteiger partial charge is 0.465 e. The molecule has 5 heteroatoms. The second kappa shape index (κ2) is 6.48. The molecule has 0 radical (unpaired) electrons. The molecule has 0 aliphatic carbocycles. The summed E-state index contributed by atoms with van der Waals surface area (Å²) < 4.78 is 5.76. The van der Waals surface area contributed by atoms with Crippen molar-refractivity contribution in [1.29, 1.82) is 0 Å². The predicted octanol–water partition coefficient (Wildman–Crippen LogP) is 2.44. The molecule has 1 aliphatic heterocycles. The Hall–Kier alpha value is -1.88. The molecule has 5 nitrogen and oxygen atoms in total. The van der Waals surface area contributed by atoms with E-state index in [0.717, 1.165) is 67.4 Å². The number of H-pyrrole nitrogens is 1. The van der Waals surface area contributed by atoms with E-state index in [1.165, 1.54) is 0 Å². The lowest BCUT2D eigenvalue weighted by atomic mass is 10.1. The molecule has 3 heterocycles. The monoisotopic (exact) mass is 301 g/mol. The number of aryl methyl sites for hydroxylation is 2. The quantitative estimate of drug-likeness (QED) is 0.921. The summed E-state index contributed by atoms with van der Waals surface area (Å²) in [6, 6.07) is 4.06. The van der Waals surface area contributed by atoms with Gasteiger partial charge in [-0.15, -0.1) is 0 Å². The number of furan rings is 1. The van der Waals surface area contributed by atoms with Gasteiger partial charge in [0, 0.05) is 32.4 Å². The summed E-state index contributed by atoms with van der Waals surface area (Å²) >= 11 is 0. The van der Waals surface area contributed by atoms with E-state index in [1.54, 1.807) is 0 Å². The van der Waals surface area contributed by atoms with E-state index in [0.29, 0.717) is 6.54 Å². The van der Waals surface area contributed by atoms with Crippen LogP contribution in [0.4, 0.5) is 0 Å². The topological polar surface area (TPSA) is 62.1 Å². The maximum atomic E-state index is 12.3. The normalized spacial score (nSPS) is 15.0. The van der Waals surface area contributed by atoms with Gasteiger partial charge in [0.15, 0.2) is 0 Å². The van der Waals surface area contributed by atoms with Crippen LogP contribution in [0.1, 0.15) is 48.9 Å². The molecule has 0 amide bonds. The zero-order chi connectivity index (χ0) is 15.5. The Labute approximate surface area is 130 Å². The van der Waals surface area contributed by atoms with Gasteiger partial charge in [-0.05, 0) is 18.6 Å². The Morgan fingerprint density at radius 3 is 2.86 bits per heavy atom. The van der Waals surface area contributed by atoms with Gasteiger partial charge in [-0.25, -0.2) is 4.98 Å². The summed E-state index contributed by atoms with van der Waals surface area (Å²) in [6.45, 7) is 6.48. The Morgan fingerprint density at radius 2 is 2.14 bits per heavy atom. The molecule has 0 atom stereocenters. The highest BCUT2D eigenvalue weighted by Crippen LogP contribution is 2.18. The summed E-state index contributed by atoms with van der Waals surface area (Å²) in [5.41, 5.74) is 1.80. The third-order valence-electron chi connectivity index (χ3n) is 4.13. The average molecular weight is 301 g/mol. The molecule has 22 heavy (non-hydrogen) atoms. The van der Waals surface area contributed by atoms with Gasteiger partial charge in [0.1, 0.15) is 17.3 Å². The number of aromatic nitrogens is 2. The van der Waals surface area contributed by atoms with Gasteiger partial charge in [0.2, 0.25) is 0 Å². The molecule has 1 aliphatic rings. The number of hydrogen-bond acceptors (Lipinski definition) is 4. The highest BCUT2D eigenvalue weighted by molar-refractivity contribution is 5.21. The Morgan fingerprint density at radius 1 is 1.32 bits per heavy atom. The summed E-state index contributed by atoms with van der Waals surface area (Å²) in [5.74, 6) is 2.79. The summed E-state index contributed by atoms with van der Waals surface area (Å²) in [6.07, 6.45) is 3.56. The first-order valence-electron chi connectivity index (χ1n) is 8.10. The molecule has 0 fully saturated rings. The maximum Gasteiger partial charge on any atom is 0.255 e. The molecular formula is C17H23N3O2. The van der Waals surface area contributed by atoms with Crippen LogP contribution in [-0.4, -0.2) is 21.4 Å². The first kappa shape index (κ1) is 15.0. The van der Waals surface area contributed by atoms with Crippen molar-refractivity contribution in [2.24, 2.45) is 0 Å². The Bertz CT molecular complexity index is 702. The predicted molar refractivity (Wildman–Crippen MR) is 84.8 cm³/mol. The standard InChI is InChI=1S/C17H23N3O2/c1-3-5-16-18-15-8-9-20(11-14(15)17(21)19-16)10-13-7-6-12(4-2)22-13/h6-7H,3-5,8-11H2,1-2H3,(H,18,19,21). The zero-order valence-corrected chi connectivity index (χ0v) is 13.3. The fourth-order valence-electron chi connectivity index (χ4n) is 2.94. The number of nitrogens with zero attached hydrogens (tertiary/aromatic N) is 2. The van der Waals surface area contributed by atoms with Gasteiger partial charge < -0.3 is 9.40 Å². The lowest BCUT2D eigenvalue weighted by Gasteiger charge is -2.26. The summed E-state index contributed by atoms with van der Waals surface area (Å²) in [4.78, 5) is 22.0. The van der Waals surface area contributed by atoms with E-state index in [2.05, 4.69) is 28.7 Å². The molecule has 0 aromatic carbocycles. The van der Waals surface area contributed by atoms with E-state index in [9.17, 15) is 4.79 Å². The molecule has 0 unspecified atom stereocenters. The van der Waals surface area contributed by atoms with Crippen molar-refractivity contribution in [2.75, 3.05) is 6.54 Å². The van der Waals surface area contributed by atoms with Gasteiger partial charge >= 0.3 is 0 Å². The molecule has 0 bridgehead atoms. The Kier molecular flexibility index (Phi) is 4.43. The van der Waals surface area contributed by atoms with Crippen LogP contribution in [0, 0.1) is 0 Å². The molecule has 0 saturated heterocycles. The number of fused-ring (bicyclic) bond motifs is 1. The van der Waals surface area contributed by atoms with Crippen molar-refractivity contribution in [3.63, 3.8) is 0 Å². The fraction of sp³-hybridized carbons (Fsp3) is 0.529. The van der Waals surface area contributed by atoms with E-state index < -0.39 is 0 Å². The number of hydrogen-bond donors (Lipinski definition) is 1. The highest BCUT2D eigenvalue weighted by Gasteiger charge is 2.21. The number of aromatic amines is 1. The highest BCUT2D eigenvalue weighted by atomic mass is 16.3. The van der Waals surface area contributed by atoms with Crippen molar-refractivity contribution in [2.45, 2.75) is 52.6 Å². The van der Waals surface area contributed by atoms with E-state index in [1.807, 2.05) is 12.1 Å². The van der Waals surface area contributed by atoms with Crippen LogP contribution < -0.4 is 5.56 Å². The van der Waals surface area contributed by atoms with Gasteiger partial charge in [-0.3, -0.25) is 9.69 Å². The first-order valence-corrected chi connectivity index (χ1v) is 8.10. The molecule has 118 valence electrons. The molecule has 1 N–H and O–H groups in total. The minimum absolute atomic E-state index is 0.0202. The van der Waals surface area contributed by atoms with Crippen LogP contribution in [0.2, 0.25) is 0 Å². The van der Waals surface area contributed by atoms with Crippen molar-refractivity contribution < 1.29 is 4.42 Å². The summed E-state index contributed by atoms with van der Waals surface area (Å²) in [5, 5.41) is 0. The van der Waals surface area contributed by atoms with Crippen molar-refractivity contribution in [1.82, 2.24) is 14.9 Å². The van der Waals surface area contributed by atoms with Gasteiger partial charge in [-0.1, -0.05) is 13.8 Å². The van der Waals surface area contributed by atoms with Crippen LogP contribution in [-0.2, 0) is 32.4 Å². The third-order valence-corrected chi connectivity index (χ3v) is 4.13. The molecule has 3 rings (SSSR count). The molecule has 2 aromatic heterocycles. The van der Waals surface area contributed by atoms with Crippen LogP contribution in [0.15, 0.2) is 21.3 Å². The van der Waals surface area contributed by atoms with E-state index in [4.69, 9.17) is 4.42 Å². The van der Waals surface area contributed by atoms with Crippen molar-refractivity contribution in [3.05, 3.63) is 51.1 Å². The third kappa shape index (κ3) is 3.14. The second-order valence-electron chi connectivity index (χ2n) is 5.87. The van der Waals surface area contributed by atoms with E-state index in [-0.39, 0.29) is 5.56 Å². The Balaban J connectivity index is 1.74. The molecule has 2 aromatic rings. The smallest absolute Gasteiger partial charge is 0.255 e. The van der Waals surface area contributed by atoms with Crippen LogP contribution in [0.3, 0.4) is 0 Å². The average Bonchev–Trinajstić information content (AvgIpc) is 2.96. The number of rotatable bonds is 5. The maximum absolute atomic E-state index is 12.3.